The molecule has 0 aromatic heterocycles. The molecule has 0 radical (unpaired) electrons. The van der Waals surface area contributed by atoms with Gasteiger partial charge < -0.3 is 5.11 Å². The highest BCUT2D eigenvalue weighted by atomic mass is 35.5. The number of hydrogen-bond donors (Lipinski definition) is 1. The van der Waals surface area contributed by atoms with Gasteiger partial charge in [-0.2, -0.15) is 0 Å². The van der Waals surface area contributed by atoms with Gasteiger partial charge in [0.15, 0.2) is 0 Å². The van der Waals surface area contributed by atoms with Gasteiger partial charge in [0.1, 0.15) is 0 Å². The SMILES string of the molecule is Cc1cccc(C)c1C(=O)O.Cl. The van der Waals surface area contributed by atoms with Crippen LogP contribution in [0.5, 0.6) is 0 Å². The Morgan fingerprint density at radius 3 is 1.92 bits per heavy atom. The fourth-order valence-electron chi connectivity index (χ4n) is 1.15. The van der Waals surface area contributed by atoms with E-state index in [4.69, 9.17) is 5.11 Å². The first-order chi connectivity index (χ1) is 5.13. The average Bonchev–Trinajstić information content (AvgIpc) is 1.85. The van der Waals surface area contributed by atoms with Crippen molar-refractivity contribution in [1.82, 2.24) is 0 Å². The van der Waals surface area contributed by atoms with Crippen molar-refractivity contribution >= 4 is 18.4 Å². The van der Waals surface area contributed by atoms with Crippen LogP contribution in [0.1, 0.15) is 21.5 Å². The predicted molar refractivity (Wildman–Crippen MR) is 50.1 cm³/mol. The van der Waals surface area contributed by atoms with Crippen molar-refractivity contribution in [2.24, 2.45) is 0 Å². The van der Waals surface area contributed by atoms with Crippen LogP contribution in [0, 0.1) is 13.8 Å². The second-order valence-corrected chi connectivity index (χ2v) is 2.57. The molecule has 1 aromatic rings. The molecule has 0 saturated carbocycles. The molecule has 0 heterocycles. The van der Waals surface area contributed by atoms with Gasteiger partial charge in [0.05, 0.1) is 5.56 Å². The van der Waals surface area contributed by atoms with Crippen molar-refractivity contribution in [3.63, 3.8) is 0 Å². The van der Waals surface area contributed by atoms with Gasteiger partial charge in [0, 0.05) is 0 Å². The van der Waals surface area contributed by atoms with Gasteiger partial charge in [0.25, 0.3) is 0 Å². The van der Waals surface area contributed by atoms with Gasteiger partial charge in [-0.25, -0.2) is 4.79 Å². The summed E-state index contributed by atoms with van der Waals surface area (Å²) in [5.74, 6) is -0.847. The number of carboxylic acids is 1. The summed E-state index contributed by atoms with van der Waals surface area (Å²) in [4.78, 5) is 10.6. The van der Waals surface area contributed by atoms with E-state index in [0.29, 0.717) is 5.56 Å². The van der Waals surface area contributed by atoms with E-state index in [1.165, 1.54) is 0 Å². The molecule has 0 amide bonds. The number of aromatic carboxylic acids is 1. The van der Waals surface area contributed by atoms with E-state index in [-0.39, 0.29) is 12.4 Å². The fraction of sp³-hybridized carbons (Fsp3) is 0.222. The van der Waals surface area contributed by atoms with Crippen molar-refractivity contribution < 1.29 is 9.90 Å². The number of halogens is 1. The summed E-state index contributed by atoms with van der Waals surface area (Å²) < 4.78 is 0. The molecule has 66 valence electrons. The van der Waals surface area contributed by atoms with Crippen LogP contribution in [0.25, 0.3) is 0 Å². The maximum atomic E-state index is 10.6. The smallest absolute Gasteiger partial charge is 0.336 e. The van der Waals surface area contributed by atoms with E-state index in [1.54, 1.807) is 26.0 Å². The molecule has 0 atom stereocenters. The molecule has 2 nitrogen and oxygen atoms in total. The van der Waals surface area contributed by atoms with Crippen LogP contribution in [-0.2, 0) is 0 Å². The molecule has 0 unspecified atom stereocenters. The minimum Gasteiger partial charge on any atom is -0.478 e. The summed E-state index contributed by atoms with van der Waals surface area (Å²) in [6.07, 6.45) is 0. The Bertz CT molecular complexity index is 274. The topological polar surface area (TPSA) is 37.3 Å². The van der Waals surface area contributed by atoms with Crippen LogP contribution in [0.3, 0.4) is 0 Å². The maximum Gasteiger partial charge on any atom is 0.336 e. The zero-order chi connectivity index (χ0) is 8.43. The van der Waals surface area contributed by atoms with Crippen molar-refractivity contribution in [3.8, 4) is 0 Å². The van der Waals surface area contributed by atoms with E-state index in [2.05, 4.69) is 0 Å². The molecule has 1 rings (SSSR count). The Balaban J connectivity index is 0.00000121. The Kier molecular flexibility index (Phi) is 3.77. The number of carbonyl (C=O) groups is 1. The zero-order valence-electron chi connectivity index (χ0n) is 7.00. The molecular weight excluding hydrogens is 176 g/mol. The third-order valence-electron chi connectivity index (χ3n) is 1.69. The lowest BCUT2D eigenvalue weighted by Crippen LogP contribution is -2.01. The minimum atomic E-state index is -0.847. The highest BCUT2D eigenvalue weighted by Crippen LogP contribution is 2.12. The van der Waals surface area contributed by atoms with Gasteiger partial charge in [-0.3, -0.25) is 0 Å². The van der Waals surface area contributed by atoms with E-state index in [0.717, 1.165) is 11.1 Å². The summed E-state index contributed by atoms with van der Waals surface area (Å²) >= 11 is 0. The van der Waals surface area contributed by atoms with E-state index >= 15 is 0 Å². The first-order valence-electron chi connectivity index (χ1n) is 3.42. The number of aryl methyl sites for hydroxylation is 2. The second-order valence-electron chi connectivity index (χ2n) is 2.57. The first-order valence-corrected chi connectivity index (χ1v) is 3.42. The Hall–Kier alpha value is -1.02. The Morgan fingerprint density at radius 2 is 1.67 bits per heavy atom. The molecule has 0 bridgehead atoms. The van der Waals surface area contributed by atoms with Crippen molar-refractivity contribution in [2.45, 2.75) is 13.8 Å². The quantitative estimate of drug-likeness (QED) is 0.732. The molecule has 0 aliphatic heterocycles. The molecule has 0 fully saturated rings. The first kappa shape index (κ1) is 11.0. The number of rotatable bonds is 1. The summed E-state index contributed by atoms with van der Waals surface area (Å²) in [5.41, 5.74) is 2.06. The number of carboxylic acid groups (broad SMARTS) is 1. The van der Waals surface area contributed by atoms with E-state index < -0.39 is 5.97 Å². The van der Waals surface area contributed by atoms with Crippen LogP contribution < -0.4 is 0 Å². The third-order valence-corrected chi connectivity index (χ3v) is 1.69. The lowest BCUT2D eigenvalue weighted by Gasteiger charge is -2.02. The standard InChI is InChI=1S/C9H10O2.ClH/c1-6-4-3-5-7(2)8(6)9(10)11;/h3-5H,1-2H3,(H,10,11);1H. The van der Waals surface area contributed by atoms with Crippen molar-refractivity contribution in [2.75, 3.05) is 0 Å². The molecular formula is C9H11ClO2. The van der Waals surface area contributed by atoms with Crippen LogP contribution in [0.15, 0.2) is 18.2 Å². The average molecular weight is 187 g/mol. The zero-order valence-corrected chi connectivity index (χ0v) is 7.81. The van der Waals surface area contributed by atoms with Gasteiger partial charge in [-0.15, -0.1) is 12.4 Å². The third kappa shape index (κ3) is 1.98. The maximum absolute atomic E-state index is 10.6. The normalized spacial score (nSPS) is 8.83. The van der Waals surface area contributed by atoms with Crippen LogP contribution in [0.4, 0.5) is 0 Å². The van der Waals surface area contributed by atoms with Crippen LogP contribution >= 0.6 is 12.4 Å². The highest BCUT2D eigenvalue weighted by Gasteiger charge is 2.08. The predicted octanol–water partition coefficient (Wildman–Crippen LogP) is 2.42. The van der Waals surface area contributed by atoms with Crippen LogP contribution in [-0.4, -0.2) is 11.1 Å². The summed E-state index contributed by atoms with van der Waals surface area (Å²) in [6.45, 7) is 3.60. The monoisotopic (exact) mass is 186 g/mol. The minimum absolute atomic E-state index is 0. The lowest BCUT2D eigenvalue weighted by molar-refractivity contribution is 0.0695. The van der Waals surface area contributed by atoms with Gasteiger partial charge in [0.2, 0.25) is 0 Å². The van der Waals surface area contributed by atoms with Crippen molar-refractivity contribution in [1.29, 1.82) is 0 Å². The number of hydrogen-bond acceptors (Lipinski definition) is 1. The molecule has 0 saturated heterocycles. The largest absolute Gasteiger partial charge is 0.478 e. The second kappa shape index (κ2) is 4.12. The Morgan fingerprint density at radius 1 is 1.25 bits per heavy atom. The molecule has 0 aliphatic rings. The molecule has 12 heavy (non-hydrogen) atoms. The highest BCUT2D eigenvalue weighted by molar-refractivity contribution is 5.90. The fourth-order valence-corrected chi connectivity index (χ4v) is 1.15. The van der Waals surface area contributed by atoms with Gasteiger partial charge in [-0.05, 0) is 25.0 Å². The molecule has 0 spiro atoms. The summed E-state index contributed by atoms with van der Waals surface area (Å²) in [7, 11) is 0. The molecule has 1 aromatic carbocycles. The van der Waals surface area contributed by atoms with Gasteiger partial charge in [-0.1, -0.05) is 18.2 Å². The summed E-state index contributed by atoms with van der Waals surface area (Å²) in [6, 6.07) is 5.46. The Labute approximate surface area is 77.6 Å². The van der Waals surface area contributed by atoms with E-state index in [1.807, 2.05) is 6.07 Å². The van der Waals surface area contributed by atoms with Gasteiger partial charge >= 0.3 is 5.97 Å². The van der Waals surface area contributed by atoms with Crippen molar-refractivity contribution in [3.05, 3.63) is 34.9 Å². The lowest BCUT2D eigenvalue weighted by atomic mass is 10.0. The van der Waals surface area contributed by atoms with Crippen LogP contribution in [0.2, 0.25) is 0 Å². The summed E-state index contributed by atoms with van der Waals surface area (Å²) in [5, 5.41) is 8.75. The number of benzene rings is 1. The molecule has 1 N–H and O–H groups in total. The van der Waals surface area contributed by atoms with E-state index in [9.17, 15) is 4.79 Å². The molecule has 3 heteroatoms. The molecule has 0 aliphatic carbocycles.